The summed E-state index contributed by atoms with van der Waals surface area (Å²) in [6, 6.07) is 4.96. The van der Waals surface area contributed by atoms with Crippen LogP contribution in [-0.4, -0.2) is 23.2 Å². The van der Waals surface area contributed by atoms with Crippen LogP contribution < -0.4 is 4.74 Å². The Bertz CT molecular complexity index is 563. The molecule has 82 valence electrons. The Hall–Kier alpha value is -2.10. The average molecular weight is 217 g/mol. The number of hydrogen-bond donors (Lipinski definition) is 1. The number of ether oxygens (including phenoxy) is 1. The summed E-state index contributed by atoms with van der Waals surface area (Å²) in [7, 11) is 1.50. The number of aromatic nitrogens is 1. The molecule has 16 heavy (non-hydrogen) atoms. The molecule has 0 saturated carbocycles. The Kier molecular flexibility index (Phi) is 2.48. The summed E-state index contributed by atoms with van der Waals surface area (Å²) < 4.78 is 5.13. The van der Waals surface area contributed by atoms with Gasteiger partial charge in [0.05, 0.1) is 12.7 Å². The van der Waals surface area contributed by atoms with Crippen LogP contribution in [0.2, 0.25) is 0 Å². The second-order valence-corrected chi connectivity index (χ2v) is 3.57. The van der Waals surface area contributed by atoms with Crippen LogP contribution in [0.25, 0.3) is 10.9 Å². The topological polar surface area (TPSA) is 59.4 Å². The van der Waals surface area contributed by atoms with Gasteiger partial charge in [-0.3, -0.25) is 4.98 Å². The third-order valence-corrected chi connectivity index (χ3v) is 2.35. The van der Waals surface area contributed by atoms with Gasteiger partial charge in [-0.05, 0) is 30.7 Å². The van der Waals surface area contributed by atoms with Crippen molar-refractivity contribution in [3.05, 3.63) is 35.5 Å². The van der Waals surface area contributed by atoms with Crippen molar-refractivity contribution in [2.24, 2.45) is 0 Å². The highest BCUT2D eigenvalue weighted by Gasteiger charge is 2.10. The van der Waals surface area contributed by atoms with E-state index >= 15 is 0 Å². The number of methoxy groups -OCH3 is 1. The summed E-state index contributed by atoms with van der Waals surface area (Å²) in [5, 5.41) is 9.73. The number of carboxylic acid groups (broad SMARTS) is 1. The van der Waals surface area contributed by atoms with Gasteiger partial charge in [0, 0.05) is 11.6 Å². The Morgan fingerprint density at radius 1 is 1.38 bits per heavy atom. The zero-order valence-electron chi connectivity index (χ0n) is 9.02. The summed E-state index contributed by atoms with van der Waals surface area (Å²) in [6.07, 6.45) is 1.73. The molecule has 1 heterocycles. The van der Waals surface area contributed by atoms with E-state index in [4.69, 9.17) is 9.84 Å². The highest BCUT2D eigenvalue weighted by atomic mass is 16.5. The molecule has 4 nitrogen and oxygen atoms in total. The molecule has 0 aliphatic carbocycles. The molecule has 0 radical (unpaired) electrons. The summed E-state index contributed by atoms with van der Waals surface area (Å²) in [5.74, 6) is -0.489. The van der Waals surface area contributed by atoms with E-state index < -0.39 is 5.97 Å². The number of aromatic carboxylic acids is 1. The Morgan fingerprint density at radius 3 is 2.75 bits per heavy atom. The third-order valence-electron chi connectivity index (χ3n) is 2.35. The van der Waals surface area contributed by atoms with Crippen LogP contribution in [0.3, 0.4) is 0 Å². The first-order valence-corrected chi connectivity index (χ1v) is 4.79. The van der Waals surface area contributed by atoms with E-state index in [-0.39, 0.29) is 5.56 Å². The molecule has 0 bridgehead atoms. The number of rotatable bonds is 2. The number of carbonyl (C=O) groups is 1. The van der Waals surface area contributed by atoms with E-state index in [1.165, 1.54) is 13.2 Å². The minimum atomic E-state index is -0.971. The smallest absolute Gasteiger partial charge is 0.335 e. The number of carboxylic acids is 1. The zero-order valence-corrected chi connectivity index (χ0v) is 9.02. The second-order valence-electron chi connectivity index (χ2n) is 3.57. The van der Waals surface area contributed by atoms with Gasteiger partial charge in [0.15, 0.2) is 0 Å². The highest BCUT2D eigenvalue weighted by Crippen LogP contribution is 2.26. The van der Waals surface area contributed by atoms with E-state index in [1.807, 2.05) is 13.0 Å². The van der Waals surface area contributed by atoms with E-state index in [2.05, 4.69) is 4.98 Å². The van der Waals surface area contributed by atoms with Crippen molar-refractivity contribution >= 4 is 16.9 Å². The second kappa shape index (κ2) is 3.81. The largest absolute Gasteiger partial charge is 0.494 e. The number of fused-ring (bicyclic) bond motifs is 1. The van der Waals surface area contributed by atoms with Gasteiger partial charge in [-0.1, -0.05) is 0 Å². The predicted molar refractivity (Wildman–Crippen MR) is 60.0 cm³/mol. The summed E-state index contributed by atoms with van der Waals surface area (Å²) >= 11 is 0. The van der Waals surface area contributed by atoms with Crippen LogP contribution in [0, 0.1) is 6.92 Å². The SMILES string of the molecule is COc1cc(C(=O)O)cc2cc(C)cnc12. The maximum absolute atomic E-state index is 10.9. The van der Waals surface area contributed by atoms with Crippen LogP contribution in [0.15, 0.2) is 24.4 Å². The first-order valence-electron chi connectivity index (χ1n) is 4.79. The van der Waals surface area contributed by atoms with E-state index in [1.54, 1.807) is 12.3 Å². The van der Waals surface area contributed by atoms with Crippen molar-refractivity contribution in [3.63, 3.8) is 0 Å². The summed E-state index contributed by atoms with van der Waals surface area (Å²) in [6.45, 7) is 1.91. The summed E-state index contributed by atoms with van der Waals surface area (Å²) in [5.41, 5.74) is 1.87. The van der Waals surface area contributed by atoms with Crippen molar-refractivity contribution < 1.29 is 14.6 Å². The van der Waals surface area contributed by atoms with Crippen molar-refractivity contribution in [2.45, 2.75) is 6.92 Å². The van der Waals surface area contributed by atoms with Crippen LogP contribution in [0.4, 0.5) is 0 Å². The molecule has 0 aliphatic heterocycles. The molecular formula is C12H11NO3. The minimum Gasteiger partial charge on any atom is -0.494 e. The van der Waals surface area contributed by atoms with Gasteiger partial charge in [0.2, 0.25) is 0 Å². The monoisotopic (exact) mass is 217 g/mol. The molecule has 0 fully saturated rings. The Morgan fingerprint density at radius 2 is 2.12 bits per heavy atom. The minimum absolute atomic E-state index is 0.205. The first-order chi connectivity index (χ1) is 7.61. The molecular weight excluding hydrogens is 206 g/mol. The fraction of sp³-hybridized carbons (Fsp3) is 0.167. The number of aryl methyl sites for hydroxylation is 1. The molecule has 1 aromatic heterocycles. The van der Waals surface area contributed by atoms with Gasteiger partial charge >= 0.3 is 5.97 Å². The van der Waals surface area contributed by atoms with Gasteiger partial charge in [-0.2, -0.15) is 0 Å². The van der Waals surface area contributed by atoms with Crippen LogP contribution in [0.5, 0.6) is 5.75 Å². The Balaban J connectivity index is 2.78. The molecule has 1 N–H and O–H groups in total. The van der Waals surface area contributed by atoms with Crippen molar-refractivity contribution in [2.75, 3.05) is 7.11 Å². The normalized spacial score (nSPS) is 10.4. The predicted octanol–water partition coefficient (Wildman–Crippen LogP) is 2.25. The maximum atomic E-state index is 10.9. The lowest BCUT2D eigenvalue weighted by molar-refractivity contribution is 0.0696. The Labute approximate surface area is 92.5 Å². The van der Waals surface area contributed by atoms with E-state index in [9.17, 15) is 4.79 Å². The van der Waals surface area contributed by atoms with Gasteiger partial charge in [0.1, 0.15) is 11.3 Å². The standard InChI is InChI=1S/C12H11NO3/c1-7-3-8-4-9(12(14)15)5-10(16-2)11(8)13-6-7/h3-6H,1-2H3,(H,14,15). The lowest BCUT2D eigenvalue weighted by Crippen LogP contribution is -1.98. The quantitative estimate of drug-likeness (QED) is 0.838. The van der Waals surface area contributed by atoms with Crippen molar-refractivity contribution in [1.82, 2.24) is 4.98 Å². The molecule has 4 heteroatoms. The van der Waals surface area contributed by atoms with Crippen LogP contribution in [-0.2, 0) is 0 Å². The molecule has 0 unspecified atom stereocenters. The van der Waals surface area contributed by atoms with Crippen molar-refractivity contribution in [1.29, 1.82) is 0 Å². The molecule has 0 spiro atoms. The van der Waals surface area contributed by atoms with Gasteiger partial charge in [0.25, 0.3) is 0 Å². The lowest BCUT2D eigenvalue weighted by Gasteiger charge is -2.06. The number of pyridine rings is 1. The molecule has 1 aromatic carbocycles. The summed E-state index contributed by atoms with van der Waals surface area (Å²) in [4.78, 5) is 15.2. The van der Waals surface area contributed by atoms with Gasteiger partial charge in [-0.15, -0.1) is 0 Å². The fourth-order valence-electron chi connectivity index (χ4n) is 1.61. The number of nitrogens with zero attached hydrogens (tertiary/aromatic N) is 1. The molecule has 0 saturated heterocycles. The fourth-order valence-corrected chi connectivity index (χ4v) is 1.61. The maximum Gasteiger partial charge on any atom is 0.335 e. The van der Waals surface area contributed by atoms with Crippen LogP contribution in [0.1, 0.15) is 15.9 Å². The van der Waals surface area contributed by atoms with Gasteiger partial charge in [-0.25, -0.2) is 4.79 Å². The number of hydrogen-bond acceptors (Lipinski definition) is 3. The van der Waals surface area contributed by atoms with E-state index in [0.29, 0.717) is 11.3 Å². The molecule has 0 atom stereocenters. The zero-order chi connectivity index (χ0) is 11.7. The van der Waals surface area contributed by atoms with Crippen molar-refractivity contribution in [3.8, 4) is 5.75 Å². The third kappa shape index (κ3) is 1.69. The molecule has 0 aliphatic rings. The highest BCUT2D eigenvalue weighted by molar-refractivity contribution is 5.96. The van der Waals surface area contributed by atoms with Crippen LogP contribution >= 0.6 is 0 Å². The number of benzene rings is 1. The average Bonchev–Trinajstić information content (AvgIpc) is 2.26. The van der Waals surface area contributed by atoms with E-state index in [0.717, 1.165) is 10.9 Å². The molecule has 0 amide bonds. The molecule has 2 aromatic rings. The van der Waals surface area contributed by atoms with Gasteiger partial charge < -0.3 is 9.84 Å². The molecule has 2 rings (SSSR count). The lowest BCUT2D eigenvalue weighted by atomic mass is 10.1. The first kappa shape index (κ1) is 10.4.